The van der Waals surface area contributed by atoms with Crippen LogP contribution in [0.3, 0.4) is 0 Å². The molecule has 0 aliphatic heterocycles. The number of unbranched alkanes of at least 4 members (excludes halogenated alkanes) is 1. The molecule has 0 aromatic carbocycles. The lowest BCUT2D eigenvalue weighted by Crippen LogP contribution is -2.03. The van der Waals surface area contributed by atoms with E-state index in [1.807, 2.05) is 0 Å². The summed E-state index contributed by atoms with van der Waals surface area (Å²) in [5.41, 5.74) is 0. The van der Waals surface area contributed by atoms with Crippen LogP contribution in [0.1, 0.15) is 12.8 Å². The first-order valence-corrected chi connectivity index (χ1v) is 6.19. The maximum absolute atomic E-state index is 11.4. The SMILES string of the molecule is C=CC(=O)OCCCCOP(=O)(OC)OC. The molecular formula is C9H17O6P. The minimum Gasteiger partial charge on any atom is -0.463 e. The summed E-state index contributed by atoms with van der Waals surface area (Å²) in [4.78, 5) is 10.6. The number of carbonyl (C=O) groups is 1. The third kappa shape index (κ3) is 6.74. The molecule has 0 unspecified atom stereocenters. The van der Waals surface area contributed by atoms with Crippen molar-refractivity contribution in [1.82, 2.24) is 0 Å². The highest BCUT2D eigenvalue weighted by molar-refractivity contribution is 7.48. The van der Waals surface area contributed by atoms with Crippen LogP contribution in [0.15, 0.2) is 12.7 Å². The van der Waals surface area contributed by atoms with Gasteiger partial charge >= 0.3 is 13.8 Å². The van der Waals surface area contributed by atoms with Crippen LogP contribution >= 0.6 is 7.82 Å². The molecule has 0 atom stereocenters. The van der Waals surface area contributed by atoms with E-state index in [9.17, 15) is 9.36 Å². The average molecular weight is 252 g/mol. The van der Waals surface area contributed by atoms with E-state index in [2.05, 4.69) is 15.6 Å². The fourth-order valence-electron chi connectivity index (χ4n) is 0.792. The molecule has 16 heavy (non-hydrogen) atoms. The Morgan fingerprint density at radius 2 is 1.81 bits per heavy atom. The minimum absolute atomic E-state index is 0.213. The topological polar surface area (TPSA) is 71.1 Å². The fourth-order valence-corrected chi connectivity index (χ4v) is 1.50. The van der Waals surface area contributed by atoms with Crippen LogP contribution in [0.25, 0.3) is 0 Å². The molecule has 0 spiro atoms. The number of ether oxygens (including phenoxy) is 1. The molecule has 7 heteroatoms. The van der Waals surface area contributed by atoms with Gasteiger partial charge in [-0.25, -0.2) is 9.36 Å². The Hall–Kier alpha value is -0.680. The smallest absolute Gasteiger partial charge is 0.463 e. The Morgan fingerprint density at radius 1 is 1.25 bits per heavy atom. The maximum atomic E-state index is 11.4. The summed E-state index contributed by atoms with van der Waals surface area (Å²) < 4.78 is 30.1. The minimum atomic E-state index is -3.38. The molecule has 0 saturated carbocycles. The summed E-state index contributed by atoms with van der Waals surface area (Å²) in [6.07, 6.45) is 2.29. The molecule has 0 aliphatic rings. The summed E-state index contributed by atoms with van der Waals surface area (Å²) >= 11 is 0. The molecule has 0 bridgehead atoms. The summed E-state index contributed by atoms with van der Waals surface area (Å²) in [5, 5.41) is 0. The highest BCUT2D eigenvalue weighted by atomic mass is 31.2. The largest absolute Gasteiger partial charge is 0.474 e. The van der Waals surface area contributed by atoms with Gasteiger partial charge in [0, 0.05) is 20.3 Å². The van der Waals surface area contributed by atoms with Gasteiger partial charge in [0.2, 0.25) is 0 Å². The first-order valence-electron chi connectivity index (χ1n) is 4.73. The van der Waals surface area contributed by atoms with E-state index in [1.165, 1.54) is 14.2 Å². The zero-order chi connectivity index (χ0) is 12.4. The van der Waals surface area contributed by atoms with Gasteiger partial charge in [-0.05, 0) is 12.8 Å². The number of phosphoric acid groups is 1. The second-order valence-corrected chi connectivity index (χ2v) is 4.61. The molecule has 0 radical (unpaired) electrons. The predicted octanol–water partition coefficient (Wildman–Crippen LogP) is 1.91. The monoisotopic (exact) mass is 252 g/mol. The average Bonchev–Trinajstić information content (AvgIpc) is 2.32. The zero-order valence-electron chi connectivity index (χ0n) is 9.51. The lowest BCUT2D eigenvalue weighted by Gasteiger charge is -2.12. The number of hydrogen-bond acceptors (Lipinski definition) is 6. The fraction of sp³-hybridized carbons (Fsp3) is 0.667. The Kier molecular flexibility index (Phi) is 8.11. The van der Waals surface area contributed by atoms with Crippen molar-refractivity contribution < 1.29 is 27.7 Å². The highest BCUT2D eigenvalue weighted by Gasteiger charge is 2.21. The highest BCUT2D eigenvalue weighted by Crippen LogP contribution is 2.47. The zero-order valence-corrected chi connectivity index (χ0v) is 10.4. The number of hydrogen-bond donors (Lipinski definition) is 0. The van der Waals surface area contributed by atoms with Gasteiger partial charge in [-0.1, -0.05) is 6.58 Å². The van der Waals surface area contributed by atoms with Crippen molar-refractivity contribution in [3.05, 3.63) is 12.7 Å². The molecule has 94 valence electrons. The number of rotatable bonds is 9. The van der Waals surface area contributed by atoms with Gasteiger partial charge in [0.15, 0.2) is 0 Å². The van der Waals surface area contributed by atoms with Gasteiger partial charge in [-0.15, -0.1) is 0 Å². The molecule has 0 aliphatic carbocycles. The molecule has 0 rings (SSSR count). The summed E-state index contributed by atoms with van der Waals surface area (Å²) in [7, 11) is -0.886. The Balaban J connectivity index is 3.50. The molecule has 6 nitrogen and oxygen atoms in total. The Morgan fingerprint density at radius 3 is 2.31 bits per heavy atom. The van der Waals surface area contributed by atoms with Crippen LogP contribution in [0.4, 0.5) is 0 Å². The lowest BCUT2D eigenvalue weighted by atomic mass is 10.3. The van der Waals surface area contributed by atoms with Crippen molar-refractivity contribution in [2.45, 2.75) is 12.8 Å². The van der Waals surface area contributed by atoms with Crippen LogP contribution in [0.5, 0.6) is 0 Å². The first kappa shape index (κ1) is 15.3. The predicted molar refractivity (Wildman–Crippen MR) is 58.0 cm³/mol. The van der Waals surface area contributed by atoms with Gasteiger partial charge in [0.05, 0.1) is 13.2 Å². The molecule has 0 saturated heterocycles. The summed E-state index contributed by atoms with van der Waals surface area (Å²) in [6.45, 7) is 3.75. The molecular weight excluding hydrogens is 235 g/mol. The van der Waals surface area contributed by atoms with E-state index in [4.69, 9.17) is 9.26 Å². The van der Waals surface area contributed by atoms with E-state index in [1.54, 1.807) is 0 Å². The summed E-state index contributed by atoms with van der Waals surface area (Å²) in [6, 6.07) is 0. The number of carbonyl (C=O) groups excluding carboxylic acids is 1. The van der Waals surface area contributed by atoms with Crippen LogP contribution < -0.4 is 0 Å². The third-order valence-corrected chi connectivity index (χ3v) is 3.04. The third-order valence-electron chi connectivity index (χ3n) is 1.65. The quantitative estimate of drug-likeness (QED) is 0.270. The molecule has 0 N–H and O–H groups in total. The van der Waals surface area contributed by atoms with Crippen molar-refractivity contribution >= 4 is 13.8 Å². The molecule has 0 aromatic rings. The van der Waals surface area contributed by atoms with Gasteiger partial charge in [0.25, 0.3) is 0 Å². The summed E-state index contributed by atoms with van der Waals surface area (Å²) in [5.74, 6) is -0.458. The Bertz CT molecular complexity index is 257. The molecule has 0 heterocycles. The lowest BCUT2D eigenvalue weighted by molar-refractivity contribution is -0.137. The van der Waals surface area contributed by atoms with E-state index >= 15 is 0 Å². The van der Waals surface area contributed by atoms with Gasteiger partial charge in [-0.2, -0.15) is 0 Å². The van der Waals surface area contributed by atoms with Crippen molar-refractivity contribution in [3.8, 4) is 0 Å². The van der Waals surface area contributed by atoms with Crippen LogP contribution in [0.2, 0.25) is 0 Å². The maximum Gasteiger partial charge on any atom is 0.474 e. The van der Waals surface area contributed by atoms with Gasteiger partial charge in [-0.3, -0.25) is 13.6 Å². The van der Waals surface area contributed by atoms with E-state index in [0.717, 1.165) is 6.08 Å². The molecule has 0 aromatic heterocycles. The van der Waals surface area contributed by atoms with Crippen LogP contribution in [-0.4, -0.2) is 33.4 Å². The molecule has 0 fully saturated rings. The first-order chi connectivity index (χ1) is 7.58. The van der Waals surface area contributed by atoms with E-state index in [0.29, 0.717) is 12.8 Å². The van der Waals surface area contributed by atoms with E-state index < -0.39 is 13.8 Å². The second kappa shape index (κ2) is 8.47. The van der Waals surface area contributed by atoms with Crippen molar-refractivity contribution in [3.63, 3.8) is 0 Å². The van der Waals surface area contributed by atoms with E-state index in [-0.39, 0.29) is 13.2 Å². The van der Waals surface area contributed by atoms with Gasteiger partial charge < -0.3 is 4.74 Å². The van der Waals surface area contributed by atoms with Crippen molar-refractivity contribution in [1.29, 1.82) is 0 Å². The number of phosphoric ester groups is 1. The number of esters is 1. The van der Waals surface area contributed by atoms with Crippen molar-refractivity contribution in [2.24, 2.45) is 0 Å². The normalized spacial score (nSPS) is 11.1. The van der Waals surface area contributed by atoms with Crippen LogP contribution in [-0.2, 0) is 27.7 Å². The standard InChI is InChI=1S/C9H17O6P/c1-4-9(10)14-7-5-6-8-15-16(11,12-2)13-3/h4H,1,5-8H2,2-3H3. The second-order valence-electron chi connectivity index (χ2n) is 2.72. The van der Waals surface area contributed by atoms with Crippen LogP contribution in [0, 0.1) is 0 Å². The van der Waals surface area contributed by atoms with Gasteiger partial charge in [0.1, 0.15) is 0 Å². The Labute approximate surface area is 95.1 Å². The van der Waals surface area contributed by atoms with Crippen molar-refractivity contribution in [2.75, 3.05) is 27.4 Å². The molecule has 0 amide bonds.